The first-order valence-electron chi connectivity index (χ1n) is 7.44. The highest BCUT2D eigenvalue weighted by molar-refractivity contribution is 5.94. The third-order valence-corrected chi connectivity index (χ3v) is 4.46. The molecule has 0 saturated carbocycles. The molecule has 0 bridgehead atoms. The molecule has 0 N–H and O–H groups in total. The molecule has 3 rings (SSSR count). The molecular formula is C16H21FN2O. The first kappa shape index (κ1) is 13.6. The van der Waals surface area contributed by atoms with Crippen LogP contribution in [0.2, 0.25) is 0 Å². The lowest BCUT2D eigenvalue weighted by Crippen LogP contribution is -2.37. The van der Waals surface area contributed by atoms with E-state index in [1.54, 1.807) is 17.0 Å². The van der Waals surface area contributed by atoms with Crippen LogP contribution in [0.25, 0.3) is 0 Å². The summed E-state index contributed by atoms with van der Waals surface area (Å²) < 4.78 is 13.9. The van der Waals surface area contributed by atoms with Crippen LogP contribution >= 0.6 is 0 Å². The van der Waals surface area contributed by atoms with E-state index >= 15 is 0 Å². The van der Waals surface area contributed by atoms with Crippen LogP contribution in [-0.2, 0) is 0 Å². The molecule has 0 radical (unpaired) electrons. The Balaban J connectivity index is 1.69. The molecule has 2 heterocycles. The van der Waals surface area contributed by atoms with Crippen molar-refractivity contribution in [1.29, 1.82) is 0 Å². The summed E-state index contributed by atoms with van der Waals surface area (Å²) in [5.41, 5.74) is 1.05. The SMILES string of the molecule is Cc1ccc(C(=O)N2CCC(N3CCCC3)C2)c(F)c1. The van der Waals surface area contributed by atoms with E-state index in [2.05, 4.69) is 4.90 Å². The molecule has 2 aliphatic rings. The van der Waals surface area contributed by atoms with Crippen molar-refractivity contribution in [3.05, 3.63) is 35.1 Å². The standard InChI is InChI=1S/C16H21FN2O/c1-12-4-5-14(15(17)10-12)16(20)19-9-6-13(11-19)18-7-2-3-8-18/h4-5,10,13H,2-3,6-9,11H2,1H3. The van der Waals surface area contributed by atoms with Crippen LogP contribution in [0.15, 0.2) is 18.2 Å². The highest BCUT2D eigenvalue weighted by atomic mass is 19.1. The van der Waals surface area contributed by atoms with Gasteiger partial charge in [-0.1, -0.05) is 6.07 Å². The average molecular weight is 276 g/mol. The number of hydrogen-bond donors (Lipinski definition) is 0. The van der Waals surface area contributed by atoms with Gasteiger partial charge >= 0.3 is 0 Å². The Kier molecular flexibility index (Phi) is 3.74. The predicted octanol–water partition coefficient (Wildman–Crippen LogP) is 2.44. The number of carbonyl (C=O) groups is 1. The van der Waals surface area contributed by atoms with Gasteiger partial charge < -0.3 is 4.90 Å². The molecule has 0 aromatic heterocycles. The van der Waals surface area contributed by atoms with Crippen LogP contribution in [0.5, 0.6) is 0 Å². The van der Waals surface area contributed by atoms with Gasteiger partial charge in [-0.25, -0.2) is 4.39 Å². The summed E-state index contributed by atoms with van der Waals surface area (Å²) >= 11 is 0. The molecule has 20 heavy (non-hydrogen) atoms. The van der Waals surface area contributed by atoms with Gasteiger partial charge in [0, 0.05) is 19.1 Å². The van der Waals surface area contributed by atoms with Crippen LogP contribution in [-0.4, -0.2) is 47.9 Å². The largest absolute Gasteiger partial charge is 0.337 e. The van der Waals surface area contributed by atoms with E-state index in [0.717, 1.165) is 38.2 Å². The Labute approximate surface area is 119 Å². The second kappa shape index (κ2) is 5.52. The minimum atomic E-state index is -0.403. The molecule has 4 heteroatoms. The van der Waals surface area contributed by atoms with Crippen molar-refractivity contribution in [1.82, 2.24) is 9.80 Å². The van der Waals surface area contributed by atoms with E-state index in [-0.39, 0.29) is 11.5 Å². The summed E-state index contributed by atoms with van der Waals surface area (Å²) in [5, 5.41) is 0. The van der Waals surface area contributed by atoms with E-state index in [9.17, 15) is 9.18 Å². The molecule has 1 unspecified atom stereocenters. The second-order valence-electron chi connectivity index (χ2n) is 5.92. The third-order valence-electron chi connectivity index (χ3n) is 4.46. The van der Waals surface area contributed by atoms with Gasteiger partial charge in [-0.2, -0.15) is 0 Å². The molecule has 2 saturated heterocycles. The number of aryl methyl sites for hydroxylation is 1. The van der Waals surface area contributed by atoms with Crippen LogP contribution in [0, 0.1) is 12.7 Å². The number of carbonyl (C=O) groups excluding carboxylic acids is 1. The molecule has 1 aromatic rings. The van der Waals surface area contributed by atoms with E-state index in [4.69, 9.17) is 0 Å². The van der Waals surface area contributed by atoms with E-state index in [1.807, 2.05) is 6.92 Å². The lowest BCUT2D eigenvalue weighted by Gasteiger charge is -2.23. The van der Waals surface area contributed by atoms with Gasteiger partial charge in [0.15, 0.2) is 0 Å². The lowest BCUT2D eigenvalue weighted by molar-refractivity contribution is 0.0775. The minimum absolute atomic E-state index is 0.163. The van der Waals surface area contributed by atoms with Gasteiger partial charge in [-0.3, -0.25) is 9.69 Å². The molecule has 2 aliphatic heterocycles. The molecule has 1 aromatic carbocycles. The van der Waals surface area contributed by atoms with E-state index < -0.39 is 5.82 Å². The molecule has 0 spiro atoms. The fourth-order valence-corrected chi connectivity index (χ4v) is 3.29. The van der Waals surface area contributed by atoms with Crippen molar-refractivity contribution in [2.45, 2.75) is 32.2 Å². The van der Waals surface area contributed by atoms with Gasteiger partial charge in [0.2, 0.25) is 0 Å². The maximum absolute atomic E-state index is 13.9. The minimum Gasteiger partial charge on any atom is -0.337 e. The number of halogens is 1. The Hall–Kier alpha value is -1.42. The zero-order valence-corrected chi connectivity index (χ0v) is 11.9. The molecular weight excluding hydrogens is 255 g/mol. The molecule has 0 aliphatic carbocycles. The van der Waals surface area contributed by atoms with Crippen molar-refractivity contribution < 1.29 is 9.18 Å². The van der Waals surface area contributed by atoms with Crippen LogP contribution in [0.3, 0.4) is 0 Å². The summed E-state index contributed by atoms with van der Waals surface area (Å²) in [4.78, 5) is 16.7. The smallest absolute Gasteiger partial charge is 0.256 e. The van der Waals surface area contributed by atoms with E-state index in [0.29, 0.717) is 6.04 Å². The zero-order chi connectivity index (χ0) is 14.1. The van der Waals surface area contributed by atoms with Gasteiger partial charge in [0.1, 0.15) is 5.82 Å². The quantitative estimate of drug-likeness (QED) is 0.828. The third kappa shape index (κ3) is 2.57. The second-order valence-corrected chi connectivity index (χ2v) is 5.92. The summed E-state index contributed by atoms with van der Waals surface area (Å²) in [6.07, 6.45) is 3.54. The fraction of sp³-hybridized carbons (Fsp3) is 0.562. The number of amides is 1. The molecule has 108 valence electrons. The topological polar surface area (TPSA) is 23.6 Å². The predicted molar refractivity (Wildman–Crippen MR) is 76.3 cm³/mol. The number of rotatable bonds is 2. The average Bonchev–Trinajstić information content (AvgIpc) is 3.09. The Morgan fingerprint density at radius 1 is 1.25 bits per heavy atom. The Bertz CT molecular complexity index is 511. The van der Waals surface area contributed by atoms with Crippen LogP contribution in [0.1, 0.15) is 35.2 Å². The molecule has 3 nitrogen and oxygen atoms in total. The first-order chi connectivity index (χ1) is 9.65. The molecule has 1 amide bonds. The number of hydrogen-bond acceptors (Lipinski definition) is 2. The number of likely N-dealkylation sites (tertiary alicyclic amines) is 2. The van der Waals surface area contributed by atoms with Crippen LogP contribution < -0.4 is 0 Å². The Morgan fingerprint density at radius 3 is 2.70 bits per heavy atom. The lowest BCUT2D eigenvalue weighted by atomic mass is 10.1. The summed E-state index contributed by atoms with van der Waals surface area (Å²) in [7, 11) is 0. The fourth-order valence-electron chi connectivity index (χ4n) is 3.29. The van der Waals surface area contributed by atoms with Crippen molar-refractivity contribution in [3.63, 3.8) is 0 Å². The van der Waals surface area contributed by atoms with Crippen LogP contribution in [0.4, 0.5) is 4.39 Å². The monoisotopic (exact) mass is 276 g/mol. The van der Waals surface area contributed by atoms with Gasteiger partial charge in [0.05, 0.1) is 5.56 Å². The van der Waals surface area contributed by atoms with Crippen molar-refractivity contribution in [2.24, 2.45) is 0 Å². The number of benzene rings is 1. The summed E-state index contributed by atoms with van der Waals surface area (Å²) in [6, 6.07) is 5.30. The summed E-state index contributed by atoms with van der Waals surface area (Å²) in [6.45, 7) is 5.60. The summed E-state index contributed by atoms with van der Waals surface area (Å²) in [5.74, 6) is -0.566. The molecule has 1 atom stereocenters. The normalized spacial score (nSPS) is 23.5. The van der Waals surface area contributed by atoms with Crippen molar-refractivity contribution in [2.75, 3.05) is 26.2 Å². The van der Waals surface area contributed by atoms with Gasteiger partial charge in [0.25, 0.3) is 5.91 Å². The van der Waals surface area contributed by atoms with Crippen molar-refractivity contribution >= 4 is 5.91 Å². The van der Waals surface area contributed by atoms with Gasteiger partial charge in [-0.15, -0.1) is 0 Å². The Morgan fingerprint density at radius 2 is 2.00 bits per heavy atom. The number of nitrogens with zero attached hydrogens (tertiary/aromatic N) is 2. The van der Waals surface area contributed by atoms with Crippen molar-refractivity contribution in [3.8, 4) is 0 Å². The maximum Gasteiger partial charge on any atom is 0.256 e. The molecule has 2 fully saturated rings. The highest BCUT2D eigenvalue weighted by Crippen LogP contribution is 2.22. The van der Waals surface area contributed by atoms with Gasteiger partial charge in [-0.05, 0) is 57.0 Å². The maximum atomic E-state index is 13.9. The highest BCUT2D eigenvalue weighted by Gasteiger charge is 2.32. The zero-order valence-electron chi connectivity index (χ0n) is 11.9. The first-order valence-corrected chi connectivity index (χ1v) is 7.44. The van der Waals surface area contributed by atoms with E-state index in [1.165, 1.54) is 18.9 Å².